The molecule has 1 aliphatic carbocycles. The lowest BCUT2D eigenvalue weighted by Crippen LogP contribution is -2.60. The zero-order chi connectivity index (χ0) is 15.2. The van der Waals surface area contributed by atoms with Crippen LogP contribution in [0.3, 0.4) is 0 Å². The SMILES string of the molecule is CCOCCNC(=O)N1C(C(=O)O)CCC2CCCCC21. The maximum atomic E-state index is 12.4. The number of amides is 2. The molecule has 6 nitrogen and oxygen atoms in total. The van der Waals surface area contributed by atoms with Crippen LogP contribution in [0, 0.1) is 5.92 Å². The number of fused-ring (bicyclic) bond motifs is 1. The molecule has 0 spiro atoms. The molecule has 2 amide bonds. The molecule has 0 radical (unpaired) electrons. The Morgan fingerprint density at radius 1 is 1.24 bits per heavy atom. The highest BCUT2D eigenvalue weighted by atomic mass is 16.5. The highest BCUT2D eigenvalue weighted by molar-refractivity contribution is 5.83. The maximum Gasteiger partial charge on any atom is 0.326 e. The van der Waals surface area contributed by atoms with Crippen molar-refractivity contribution in [1.29, 1.82) is 0 Å². The Labute approximate surface area is 125 Å². The van der Waals surface area contributed by atoms with Gasteiger partial charge in [0.05, 0.1) is 6.61 Å². The summed E-state index contributed by atoms with van der Waals surface area (Å²) in [5.41, 5.74) is 0. The summed E-state index contributed by atoms with van der Waals surface area (Å²) in [5.74, 6) is -0.425. The number of carboxylic acids is 1. The van der Waals surface area contributed by atoms with Gasteiger partial charge in [0, 0.05) is 19.2 Å². The second-order valence-corrected chi connectivity index (χ2v) is 5.88. The molecule has 1 saturated carbocycles. The Balaban J connectivity index is 2.01. The fourth-order valence-electron chi connectivity index (χ4n) is 3.63. The van der Waals surface area contributed by atoms with E-state index < -0.39 is 12.0 Å². The van der Waals surface area contributed by atoms with Gasteiger partial charge in [0.1, 0.15) is 6.04 Å². The van der Waals surface area contributed by atoms with E-state index in [1.54, 1.807) is 4.90 Å². The normalized spacial score (nSPS) is 28.8. The molecule has 2 aliphatic rings. The lowest BCUT2D eigenvalue weighted by Gasteiger charge is -2.46. The topological polar surface area (TPSA) is 78.9 Å². The minimum atomic E-state index is -0.890. The highest BCUT2D eigenvalue weighted by Gasteiger charge is 2.43. The minimum Gasteiger partial charge on any atom is -0.480 e. The van der Waals surface area contributed by atoms with E-state index in [9.17, 15) is 14.7 Å². The van der Waals surface area contributed by atoms with Crippen LogP contribution in [0.1, 0.15) is 45.4 Å². The molecule has 0 aromatic carbocycles. The van der Waals surface area contributed by atoms with E-state index in [-0.39, 0.29) is 12.1 Å². The quantitative estimate of drug-likeness (QED) is 0.759. The lowest BCUT2D eigenvalue weighted by atomic mass is 9.76. The van der Waals surface area contributed by atoms with Crippen LogP contribution in [0.4, 0.5) is 4.79 Å². The number of nitrogens with one attached hydrogen (secondary N) is 1. The van der Waals surface area contributed by atoms with Gasteiger partial charge in [0.25, 0.3) is 0 Å². The molecule has 6 heteroatoms. The molecule has 1 heterocycles. The summed E-state index contributed by atoms with van der Waals surface area (Å²) in [4.78, 5) is 25.5. The highest BCUT2D eigenvalue weighted by Crippen LogP contribution is 2.37. The van der Waals surface area contributed by atoms with Crippen LogP contribution < -0.4 is 5.32 Å². The van der Waals surface area contributed by atoms with Gasteiger partial charge in [-0.2, -0.15) is 0 Å². The number of urea groups is 1. The summed E-state index contributed by atoms with van der Waals surface area (Å²) in [7, 11) is 0. The molecule has 2 fully saturated rings. The monoisotopic (exact) mass is 298 g/mol. The third-order valence-corrected chi connectivity index (χ3v) is 4.62. The number of likely N-dealkylation sites (tertiary alicyclic amines) is 1. The number of carbonyl (C=O) groups excluding carboxylic acids is 1. The minimum absolute atomic E-state index is 0.0840. The van der Waals surface area contributed by atoms with Gasteiger partial charge in [0.15, 0.2) is 0 Å². The van der Waals surface area contributed by atoms with Crippen LogP contribution in [-0.2, 0) is 9.53 Å². The van der Waals surface area contributed by atoms with Gasteiger partial charge in [-0.05, 0) is 38.5 Å². The summed E-state index contributed by atoms with van der Waals surface area (Å²) < 4.78 is 5.20. The van der Waals surface area contributed by atoms with Crippen LogP contribution in [0.25, 0.3) is 0 Å². The summed E-state index contributed by atoms with van der Waals surface area (Å²) in [6.45, 7) is 3.40. The smallest absolute Gasteiger partial charge is 0.326 e. The number of hydrogen-bond acceptors (Lipinski definition) is 3. The number of aliphatic carboxylic acids is 1. The predicted molar refractivity (Wildman–Crippen MR) is 78.1 cm³/mol. The van der Waals surface area contributed by atoms with Gasteiger partial charge in [-0.3, -0.25) is 0 Å². The standard InChI is InChI=1S/C15H26N2O4/c1-2-21-10-9-16-15(20)17-12-6-4-3-5-11(12)7-8-13(17)14(18)19/h11-13H,2-10H2,1H3,(H,16,20)(H,18,19). The van der Waals surface area contributed by atoms with Crippen molar-refractivity contribution in [3.63, 3.8) is 0 Å². The molecule has 0 aromatic heterocycles. The molecule has 1 saturated heterocycles. The van der Waals surface area contributed by atoms with Crippen LogP contribution in [-0.4, -0.2) is 53.8 Å². The molecule has 2 N–H and O–H groups in total. The van der Waals surface area contributed by atoms with E-state index in [0.29, 0.717) is 32.1 Å². The van der Waals surface area contributed by atoms with E-state index in [1.165, 1.54) is 6.42 Å². The summed E-state index contributed by atoms with van der Waals surface area (Å²) in [5, 5.41) is 12.2. The predicted octanol–water partition coefficient (Wildman–Crippen LogP) is 1.84. The lowest BCUT2D eigenvalue weighted by molar-refractivity contribution is -0.145. The zero-order valence-corrected chi connectivity index (χ0v) is 12.7. The van der Waals surface area contributed by atoms with Crippen molar-refractivity contribution in [3.8, 4) is 0 Å². The van der Waals surface area contributed by atoms with Crippen molar-refractivity contribution < 1.29 is 19.4 Å². The van der Waals surface area contributed by atoms with Crippen molar-refractivity contribution in [2.75, 3.05) is 19.8 Å². The zero-order valence-electron chi connectivity index (χ0n) is 12.7. The number of carboxylic acid groups (broad SMARTS) is 1. The molecule has 0 aromatic rings. The number of carbonyl (C=O) groups is 2. The van der Waals surface area contributed by atoms with Crippen molar-refractivity contribution in [2.45, 2.75) is 57.5 Å². The molecular weight excluding hydrogens is 272 g/mol. The van der Waals surface area contributed by atoms with E-state index in [4.69, 9.17) is 4.74 Å². The molecule has 0 bridgehead atoms. The number of nitrogens with zero attached hydrogens (tertiary/aromatic N) is 1. The van der Waals surface area contributed by atoms with Crippen LogP contribution in [0.5, 0.6) is 0 Å². The van der Waals surface area contributed by atoms with Crippen molar-refractivity contribution >= 4 is 12.0 Å². The number of hydrogen-bond donors (Lipinski definition) is 2. The average Bonchev–Trinajstić information content (AvgIpc) is 2.50. The second kappa shape index (κ2) is 7.64. The summed E-state index contributed by atoms with van der Waals surface area (Å²) in [6, 6.07) is -0.851. The first-order chi connectivity index (χ1) is 10.1. The molecular formula is C15H26N2O4. The van der Waals surface area contributed by atoms with E-state index in [0.717, 1.165) is 25.7 Å². The molecule has 2 rings (SSSR count). The number of piperidine rings is 1. The van der Waals surface area contributed by atoms with E-state index >= 15 is 0 Å². The Bertz CT molecular complexity index is 375. The van der Waals surface area contributed by atoms with Gasteiger partial charge in [-0.1, -0.05) is 12.8 Å². The molecule has 120 valence electrons. The van der Waals surface area contributed by atoms with Gasteiger partial charge in [0.2, 0.25) is 0 Å². The molecule has 3 atom stereocenters. The average molecular weight is 298 g/mol. The van der Waals surface area contributed by atoms with Crippen LogP contribution in [0.2, 0.25) is 0 Å². The Kier molecular flexibility index (Phi) is 5.85. The Morgan fingerprint density at radius 3 is 2.71 bits per heavy atom. The number of rotatable bonds is 5. The first kappa shape index (κ1) is 16.1. The van der Waals surface area contributed by atoms with E-state index in [1.807, 2.05) is 6.92 Å². The fraction of sp³-hybridized carbons (Fsp3) is 0.867. The van der Waals surface area contributed by atoms with Gasteiger partial charge in [-0.25, -0.2) is 9.59 Å². The van der Waals surface area contributed by atoms with Crippen molar-refractivity contribution in [2.24, 2.45) is 5.92 Å². The second-order valence-electron chi connectivity index (χ2n) is 5.88. The van der Waals surface area contributed by atoms with Crippen molar-refractivity contribution in [3.05, 3.63) is 0 Å². The van der Waals surface area contributed by atoms with Gasteiger partial charge < -0.3 is 20.1 Å². The summed E-state index contributed by atoms with van der Waals surface area (Å²) >= 11 is 0. The Hall–Kier alpha value is -1.30. The molecule has 3 unspecified atom stereocenters. The number of ether oxygens (including phenoxy) is 1. The Morgan fingerprint density at radius 2 is 2.00 bits per heavy atom. The van der Waals surface area contributed by atoms with Gasteiger partial charge >= 0.3 is 12.0 Å². The largest absolute Gasteiger partial charge is 0.480 e. The third kappa shape index (κ3) is 3.87. The van der Waals surface area contributed by atoms with Crippen LogP contribution >= 0.6 is 0 Å². The van der Waals surface area contributed by atoms with E-state index in [2.05, 4.69) is 5.32 Å². The summed E-state index contributed by atoms with van der Waals surface area (Å²) in [6.07, 6.45) is 5.79. The van der Waals surface area contributed by atoms with Crippen molar-refractivity contribution in [1.82, 2.24) is 10.2 Å². The first-order valence-electron chi connectivity index (χ1n) is 8.01. The van der Waals surface area contributed by atoms with Gasteiger partial charge in [-0.15, -0.1) is 0 Å². The fourth-order valence-corrected chi connectivity index (χ4v) is 3.63. The first-order valence-corrected chi connectivity index (χ1v) is 8.01. The third-order valence-electron chi connectivity index (χ3n) is 4.62. The van der Waals surface area contributed by atoms with Crippen LogP contribution in [0.15, 0.2) is 0 Å². The maximum absolute atomic E-state index is 12.4. The molecule has 1 aliphatic heterocycles. The molecule has 21 heavy (non-hydrogen) atoms.